The van der Waals surface area contributed by atoms with Gasteiger partial charge in [0.25, 0.3) is 5.91 Å². The highest BCUT2D eigenvalue weighted by molar-refractivity contribution is 5.96. The van der Waals surface area contributed by atoms with Gasteiger partial charge in [-0.05, 0) is 43.3 Å². The average molecular weight is 435 g/mol. The third-order valence-electron chi connectivity index (χ3n) is 4.39. The SMILES string of the molecule is COc1ccc(Nc2cc(C)nc(NCCNC(=O)CNC(=O)c3ccccc3)n2)cc1. The zero-order valence-corrected chi connectivity index (χ0v) is 18.0. The van der Waals surface area contributed by atoms with E-state index in [0.29, 0.717) is 30.4 Å². The minimum absolute atomic E-state index is 0.0927. The van der Waals surface area contributed by atoms with Crippen LogP contribution in [-0.2, 0) is 4.79 Å². The summed E-state index contributed by atoms with van der Waals surface area (Å²) in [6.45, 7) is 2.58. The number of hydrogen-bond acceptors (Lipinski definition) is 7. The van der Waals surface area contributed by atoms with Gasteiger partial charge in [0, 0.05) is 36.1 Å². The number of carbonyl (C=O) groups is 2. The van der Waals surface area contributed by atoms with E-state index in [9.17, 15) is 9.59 Å². The van der Waals surface area contributed by atoms with E-state index >= 15 is 0 Å². The van der Waals surface area contributed by atoms with Crippen LogP contribution in [0.1, 0.15) is 16.1 Å². The summed E-state index contributed by atoms with van der Waals surface area (Å²) in [6, 6.07) is 18.1. The molecule has 0 spiro atoms. The van der Waals surface area contributed by atoms with Crippen LogP contribution in [-0.4, -0.2) is 48.5 Å². The van der Waals surface area contributed by atoms with E-state index in [1.165, 1.54) is 0 Å². The Kier molecular flexibility index (Phi) is 7.96. The molecule has 0 radical (unpaired) electrons. The van der Waals surface area contributed by atoms with Crippen molar-refractivity contribution in [2.24, 2.45) is 0 Å². The molecule has 0 saturated heterocycles. The van der Waals surface area contributed by atoms with Gasteiger partial charge in [-0.3, -0.25) is 9.59 Å². The van der Waals surface area contributed by atoms with Crippen LogP contribution in [0.3, 0.4) is 0 Å². The van der Waals surface area contributed by atoms with Gasteiger partial charge in [-0.2, -0.15) is 4.98 Å². The molecule has 166 valence electrons. The summed E-state index contributed by atoms with van der Waals surface area (Å²) in [6.07, 6.45) is 0. The minimum Gasteiger partial charge on any atom is -0.497 e. The molecule has 0 unspecified atom stereocenters. The van der Waals surface area contributed by atoms with Crippen LogP contribution in [0.15, 0.2) is 60.7 Å². The molecule has 0 aliphatic carbocycles. The highest BCUT2D eigenvalue weighted by Gasteiger charge is 2.07. The van der Waals surface area contributed by atoms with Crippen LogP contribution in [0.4, 0.5) is 17.5 Å². The summed E-state index contributed by atoms with van der Waals surface area (Å²) in [7, 11) is 1.62. The first-order chi connectivity index (χ1) is 15.5. The van der Waals surface area contributed by atoms with Crippen molar-refractivity contribution in [1.29, 1.82) is 0 Å². The normalized spacial score (nSPS) is 10.2. The molecule has 1 heterocycles. The van der Waals surface area contributed by atoms with Gasteiger partial charge in [0.2, 0.25) is 11.9 Å². The van der Waals surface area contributed by atoms with Gasteiger partial charge in [0.05, 0.1) is 13.7 Å². The summed E-state index contributed by atoms with van der Waals surface area (Å²) in [5.41, 5.74) is 2.18. The van der Waals surface area contributed by atoms with Crippen molar-refractivity contribution in [3.8, 4) is 5.75 Å². The first-order valence-electron chi connectivity index (χ1n) is 10.1. The number of ether oxygens (including phenoxy) is 1. The van der Waals surface area contributed by atoms with Crippen molar-refractivity contribution in [2.75, 3.05) is 37.4 Å². The van der Waals surface area contributed by atoms with Crippen LogP contribution in [0, 0.1) is 6.92 Å². The first kappa shape index (κ1) is 22.5. The quantitative estimate of drug-likeness (QED) is 0.362. The molecule has 3 rings (SSSR count). The second-order valence-corrected chi connectivity index (χ2v) is 6.90. The van der Waals surface area contributed by atoms with E-state index in [1.807, 2.05) is 43.3 Å². The maximum atomic E-state index is 12.0. The molecule has 0 aliphatic heterocycles. The molecule has 2 amide bonds. The zero-order valence-electron chi connectivity index (χ0n) is 18.0. The molecule has 0 aliphatic rings. The topological polar surface area (TPSA) is 117 Å². The van der Waals surface area contributed by atoms with Crippen molar-refractivity contribution >= 4 is 29.3 Å². The Labute approximate surface area is 186 Å². The predicted octanol–water partition coefficient (Wildman–Crippen LogP) is 2.50. The smallest absolute Gasteiger partial charge is 0.251 e. The predicted molar refractivity (Wildman–Crippen MR) is 123 cm³/mol. The fourth-order valence-corrected chi connectivity index (χ4v) is 2.82. The number of aromatic nitrogens is 2. The van der Waals surface area contributed by atoms with Gasteiger partial charge in [-0.15, -0.1) is 0 Å². The zero-order chi connectivity index (χ0) is 22.8. The highest BCUT2D eigenvalue weighted by atomic mass is 16.5. The number of hydrogen-bond donors (Lipinski definition) is 4. The number of aryl methyl sites for hydroxylation is 1. The van der Waals surface area contributed by atoms with Gasteiger partial charge < -0.3 is 26.0 Å². The largest absolute Gasteiger partial charge is 0.497 e. The molecule has 4 N–H and O–H groups in total. The van der Waals surface area contributed by atoms with Crippen molar-refractivity contribution < 1.29 is 14.3 Å². The number of nitrogens with zero attached hydrogens (tertiary/aromatic N) is 2. The van der Waals surface area contributed by atoms with E-state index in [-0.39, 0.29) is 18.4 Å². The van der Waals surface area contributed by atoms with Crippen molar-refractivity contribution in [3.63, 3.8) is 0 Å². The van der Waals surface area contributed by atoms with Gasteiger partial charge in [0.1, 0.15) is 11.6 Å². The Bertz CT molecular complexity index is 1040. The maximum Gasteiger partial charge on any atom is 0.251 e. The second-order valence-electron chi connectivity index (χ2n) is 6.90. The van der Waals surface area contributed by atoms with Gasteiger partial charge in [0.15, 0.2) is 0 Å². The molecule has 0 saturated carbocycles. The summed E-state index contributed by atoms with van der Waals surface area (Å²) in [5.74, 6) is 1.32. The third kappa shape index (κ3) is 6.98. The van der Waals surface area contributed by atoms with E-state index in [1.54, 1.807) is 31.4 Å². The average Bonchev–Trinajstić information content (AvgIpc) is 2.81. The Hall–Kier alpha value is -4.14. The lowest BCUT2D eigenvalue weighted by molar-refractivity contribution is -0.120. The van der Waals surface area contributed by atoms with Crippen LogP contribution in [0.5, 0.6) is 5.75 Å². The number of carbonyl (C=O) groups excluding carboxylic acids is 2. The fourth-order valence-electron chi connectivity index (χ4n) is 2.82. The Balaban J connectivity index is 1.42. The molecule has 1 aromatic heterocycles. The van der Waals surface area contributed by atoms with Crippen LogP contribution < -0.4 is 26.0 Å². The fraction of sp³-hybridized carbons (Fsp3) is 0.217. The third-order valence-corrected chi connectivity index (χ3v) is 4.39. The van der Waals surface area contributed by atoms with E-state index < -0.39 is 0 Å². The van der Waals surface area contributed by atoms with Crippen LogP contribution >= 0.6 is 0 Å². The Morgan fingerprint density at radius 3 is 2.41 bits per heavy atom. The van der Waals surface area contributed by atoms with Crippen LogP contribution in [0.2, 0.25) is 0 Å². The summed E-state index contributed by atoms with van der Waals surface area (Å²) < 4.78 is 5.16. The molecule has 3 aromatic rings. The Morgan fingerprint density at radius 1 is 0.938 bits per heavy atom. The molecular weight excluding hydrogens is 408 g/mol. The standard InChI is InChI=1S/C23H26N6O3/c1-16-14-20(28-18-8-10-19(32-2)11-9-18)29-23(27-16)25-13-12-24-21(30)15-26-22(31)17-6-4-3-5-7-17/h3-11,14H,12-13,15H2,1-2H3,(H,24,30)(H,26,31)(H2,25,27,28,29). The Morgan fingerprint density at radius 2 is 1.69 bits per heavy atom. The maximum absolute atomic E-state index is 12.0. The summed E-state index contributed by atoms with van der Waals surface area (Å²) in [4.78, 5) is 32.7. The first-order valence-corrected chi connectivity index (χ1v) is 10.1. The van der Waals surface area contributed by atoms with E-state index in [2.05, 4.69) is 31.2 Å². The molecule has 32 heavy (non-hydrogen) atoms. The number of benzene rings is 2. The van der Waals surface area contributed by atoms with Crippen molar-refractivity contribution in [2.45, 2.75) is 6.92 Å². The van der Waals surface area contributed by atoms with E-state index in [4.69, 9.17) is 4.74 Å². The number of nitrogens with one attached hydrogen (secondary N) is 4. The number of amides is 2. The summed E-state index contributed by atoms with van der Waals surface area (Å²) >= 11 is 0. The molecule has 0 atom stereocenters. The molecule has 9 heteroatoms. The molecule has 0 fully saturated rings. The lowest BCUT2D eigenvalue weighted by Crippen LogP contribution is -2.38. The number of anilines is 3. The van der Waals surface area contributed by atoms with Crippen molar-refractivity contribution in [1.82, 2.24) is 20.6 Å². The number of rotatable bonds is 10. The summed E-state index contributed by atoms with van der Waals surface area (Å²) in [5, 5.41) is 11.7. The lowest BCUT2D eigenvalue weighted by atomic mass is 10.2. The van der Waals surface area contributed by atoms with Crippen LogP contribution in [0.25, 0.3) is 0 Å². The monoisotopic (exact) mass is 434 g/mol. The second kappa shape index (κ2) is 11.3. The van der Waals surface area contributed by atoms with Crippen molar-refractivity contribution in [3.05, 3.63) is 71.9 Å². The highest BCUT2D eigenvalue weighted by Crippen LogP contribution is 2.19. The number of methoxy groups -OCH3 is 1. The minimum atomic E-state index is -0.288. The van der Waals surface area contributed by atoms with Gasteiger partial charge in [-0.25, -0.2) is 4.98 Å². The lowest BCUT2D eigenvalue weighted by Gasteiger charge is -2.11. The van der Waals surface area contributed by atoms with E-state index in [0.717, 1.165) is 17.1 Å². The van der Waals surface area contributed by atoms with Gasteiger partial charge in [-0.1, -0.05) is 18.2 Å². The molecule has 9 nitrogen and oxygen atoms in total. The van der Waals surface area contributed by atoms with Gasteiger partial charge >= 0.3 is 0 Å². The molecule has 2 aromatic carbocycles. The molecular formula is C23H26N6O3. The molecule has 0 bridgehead atoms.